The Morgan fingerprint density at radius 3 is 2.52 bits per heavy atom. The van der Waals surface area contributed by atoms with Crippen LogP contribution >= 0.6 is 23.4 Å². The monoisotopic (exact) mass is 486 g/mol. The van der Waals surface area contributed by atoms with E-state index in [1.807, 2.05) is 44.7 Å². The van der Waals surface area contributed by atoms with E-state index in [9.17, 15) is 4.79 Å². The van der Waals surface area contributed by atoms with Crippen molar-refractivity contribution in [3.63, 3.8) is 0 Å². The van der Waals surface area contributed by atoms with Crippen molar-refractivity contribution < 1.29 is 14.3 Å². The maximum absolute atomic E-state index is 12.5. The number of aromatic nitrogens is 1. The minimum Gasteiger partial charge on any atom is -0.480 e. The number of amides is 1. The van der Waals surface area contributed by atoms with Gasteiger partial charge in [0, 0.05) is 28.8 Å². The van der Waals surface area contributed by atoms with Crippen molar-refractivity contribution in [1.29, 1.82) is 0 Å². The van der Waals surface area contributed by atoms with Crippen LogP contribution in [-0.4, -0.2) is 47.0 Å². The number of rotatable bonds is 6. The van der Waals surface area contributed by atoms with Gasteiger partial charge in [-0.3, -0.25) is 0 Å². The molecule has 1 atom stereocenters. The molecule has 5 nitrogen and oxygen atoms in total. The Morgan fingerprint density at radius 2 is 1.88 bits per heavy atom. The molecule has 176 valence electrons. The summed E-state index contributed by atoms with van der Waals surface area (Å²) in [7, 11) is 1.57. The Balaban J connectivity index is 1.60. The van der Waals surface area contributed by atoms with E-state index >= 15 is 0 Å². The predicted octanol–water partition coefficient (Wildman–Crippen LogP) is 6.69. The van der Waals surface area contributed by atoms with Crippen LogP contribution < -0.4 is 4.74 Å². The van der Waals surface area contributed by atoms with Gasteiger partial charge in [0.25, 0.3) is 0 Å². The molecule has 2 heterocycles. The lowest BCUT2D eigenvalue weighted by Crippen LogP contribution is -2.35. The molecule has 0 bridgehead atoms. The Kier molecular flexibility index (Phi) is 7.25. The molecular formula is C26H31ClN2O3S. The van der Waals surface area contributed by atoms with Crippen molar-refractivity contribution in [3.05, 3.63) is 58.8 Å². The van der Waals surface area contributed by atoms with Gasteiger partial charge in [0.15, 0.2) is 0 Å². The smallest absolute Gasteiger partial charge is 0.410 e. The maximum atomic E-state index is 12.5. The average Bonchev–Trinajstić information content (AvgIpc) is 3.45. The van der Waals surface area contributed by atoms with E-state index < -0.39 is 5.60 Å². The van der Waals surface area contributed by atoms with Crippen molar-refractivity contribution in [2.75, 3.05) is 20.2 Å². The molecule has 1 saturated heterocycles. The number of hydrogen-bond acceptors (Lipinski definition) is 5. The maximum Gasteiger partial charge on any atom is 0.410 e. The lowest BCUT2D eigenvalue weighted by molar-refractivity contribution is 0.0291. The molecule has 2 aromatic rings. The van der Waals surface area contributed by atoms with Crippen LogP contribution in [0.4, 0.5) is 4.79 Å². The molecule has 7 heteroatoms. The molecule has 1 aromatic heterocycles. The molecule has 0 spiro atoms. The Bertz CT molecular complexity index is 1030. The molecule has 4 rings (SSSR count). The molecule has 0 N–H and O–H groups in total. The van der Waals surface area contributed by atoms with Crippen LogP contribution in [0.5, 0.6) is 5.88 Å². The van der Waals surface area contributed by atoms with Crippen LogP contribution in [0.2, 0.25) is 5.02 Å². The van der Waals surface area contributed by atoms with Gasteiger partial charge in [-0.05, 0) is 75.8 Å². The summed E-state index contributed by atoms with van der Waals surface area (Å²) in [6, 6.07) is 12.4. The Morgan fingerprint density at radius 1 is 1.15 bits per heavy atom. The van der Waals surface area contributed by atoms with Crippen LogP contribution in [0, 0.1) is 5.92 Å². The number of benzene rings is 1. The van der Waals surface area contributed by atoms with Crippen LogP contribution in [0.15, 0.2) is 47.4 Å². The lowest BCUT2D eigenvalue weighted by atomic mass is 9.96. The summed E-state index contributed by atoms with van der Waals surface area (Å²) in [5.74, 6) is 0.610. The SMILES string of the molecule is COc1nc(C(=C[C@H]2CCN(C(=O)OC(C)(C)C)C2)c2ccc(SC3CC3)cc2)ccc1Cl. The van der Waals surface area contributed by atoms with Crippen LogP contribution in [0.1, 0.15) is 51.3 Å². The van der Waals surface area contributed by atoms with Gasteiger partial charge in [-0.15, -0.1) is 11.8 Å². The van der Waals surface area contributed by atoms with Gasteiger partial charge in [-0.1, -0.05) is 29.8 Å². The number of halogens is 1. The molecule has 1 aliphatic carbocycles. The van der Waals surface area contributed by atoms with E-state index in [-0.39, 0.29) is 12.0 Å². The van der Waals surface area contributed by atoms with Gasteiger partial charge in [0.05, 0.1) is 12.8 Å². The zero-order valence-corrected chi connectivity index (χ0v) is 21.2. The van der Waals surface area contributed by atoms with E-state index in [1.165, 1.54) is 17.7 Å². The summed E-state index contributed by atoms with van der Waals surface area (Å²) in [4.78, 5) is 20.3. The molecule has 1 aliphatic heterocycles. The molecule has 1 aromatic carbocycles. The first-order chi connectivity index (χ1) is 15.7. The summed E-state index contributed by atoms with van der Waals surface area (Å²) >= 11 is 8.18. The normalized spacial score (nSPS) is 19.0. The number of pyridine rings is 1. The van der Waals surface area contributed by atoms with Crippen molar-refractivity contribution in [2.45, 2.75) is 55.8 Å². The van der Waals surface area contributed by atoms with E-state index in [0.717, 1.165) is 28.5 Å². The molecule has 2 aliphatic rings. The van der Waals surface area contributed by atoms with Gasteiger partial charge in [-0.2, -0.15) is 0 Å². The molecule has 33 heavy (non-hydrogen) atoms. The summed E-state index contributed by atoms with van der Waals surface area (Å²) < 4.78 is 10.9. The van der Waals surface area contributed by atoms with E-state index in [4.69, 9.17) is 21.1 Å². The fraction of sp³-hybridized carbons (Fsp3) is 0.462. The minimum absolute atomic E-state index is 0.205. The third-order valence-corrected chi connectivity index (χ3v) is 7.19. The number of ether oxygens (including phenoxy) is 2. The molecule has 1 saturated carbocycles. The van der Waals surface area contributed by atoms with Crippen molar-refractivity contribution in [3.8, 4) is 5.88 Å². The van der Waals surface area contributed by atoms with Gasteiger partial charge in [-0.25, -0.2) is 9.78 Å². The van der Waals surface area contributed by atoms with Gasteiger partial charge in [0.2, 0.25) is 5.88 Å². The number of likely N-dealkylation sites (tertiary alicyclic amines) is 1. The number of hydrogen-bond donors (Lipinski definition) is 0. The first-order valence-electron chi connectivity index (χ1n) is 11.4. The highest BCUT2D eigenvalue weighted by atomic mass is 35.5. The third-order valence-electron chi connectivity index (χ3n) is 5.55. The Labute approximate surface area is 205 Å². The third kappa shape index (κ3) is 6.45. The van der Waals surface area contributed by atoms with Crippen LogP contribution in [0.3, 0.4) is 0 Å². The number of methoxy groups -OCH3 is 1. The zero-order valence-electron chi connectivity index (χ0n) is 19.6. The number of nitrogens with zero attached hydrogens (tertiary/aromatic N) is 2. The van der Waals surface area contributed by atoms with Crippen molar-refractivity contribution >= 4 is 35.0 Å². The topological polar surface area (TPSA) is 51.7 Å². The second-order valence-corrected chi connectivity index (χ2v) is 11.4. The van der Waals surface area contributed by atoms with Gasteiger partial charge >= 0.3 is 6.09 Å². The largest absolute Gasteiger partial charge is 0.480 e. The fourth-order valence-corrected chi connectivity index (χ4v) is 5.02. The molecule has 2 fully saturated rings. The highest BCUT2D eigenvalue weighted by Crippen LogP contribution is 2.40. The first-order valence-corrected chi connectivity index (χ1v) is 12.7. The first kappa shape index (κ1) is 24.0. The number of carbonyl (C=O) groups is 1. The minimum atomic E-state index is -0.500. The molecule has 0 unspecified atom stereocenters. The Hall–Kier alpha value is -2.18. The predicted molar refractivity (Wildman–Crippen MR) is 134 cm³/mol. The van der Waals surface area contributed by atoms with E-state index in [1.54, 1.807) is 12.0 Å². The van der Waals surface area contributed by atoms with Crippen molar-refractivity contribution in [2.24, 2.45) is 5.92 Å². The fourth-order valence-electron chi connectivity index (χ4n) is 3.79. The average molecular weight is 487 g/mol. The summed E-state index contributed by atoms with van der Waals surface area (Å²) in [5, 5.41) is 1.25. The number of thioether (sulfide) groups is 1. The molecule has 0 radical (unpaired) electrons. The molecule has 1 amide bonds. The van der Waals surface area contributed by atoms with Crippen molar-refractivity contribution in [1.82, 2.24) is 9.88 Å². The van der Waals surface area contributed by atoms with E-state index in [0.29, 0.717) is 24.0 Å². The highest BCUT2D eigenvalue weighted by Gasteiger charge is 2.29. The van der Waals surface area contributed by atoms with E-state index in [2.05, 4.69) is 35.3 Å². The summed E-state index contributed by atoms with van der Waals surface area (Å²) in [6.07, 6.45) is 5.46. The summed E-state index contributed by atoms with van der Waals surface area (Å²) in [6.45, 7) is 6.97. The quantitative estimate of drug-likeness (QED) is 0.455. The molecular weight excluding hydrogens is 456 g/mol. The van der Waals surface area contributed by atoms with Gasteiger partial charge < -0.3 is 14.4 Å². The zero-order chi connectivity index (χ0) is 23.6. The second-order valence-electron chi connectivity index (χ2n) is 9.58. The summed E-state index contributed by atoms with van der Waals surface area (Å²) in [5.41, 5.74) is 2.40. The van der Waals surface area contributed by atoms with Crippen LogP contribution in [0.25, 0.3) is 5.57 Å². The standard InChI is InChI=1S/C26H31ClN2O3S/c1-26(2,3)32-25(30)29-14-13-17(16-29)15-21(23-12-11-22(27)24(28-23)31-4)18-5-7-19(8-6-18)33-20-9-10-20/h5-8,11-12,15,17,20H,9-10,13-14,16H2,1-4H3/t17-/m1/s1. The number of carbonyl (C=O) groups excluding carboxylic acids is 1. The van der Waals surface area contributed by atoms with Gasteiger partial charge in [0.1, 0.15) is 10.6 Å². The second kappa shape index (κ2) is 9.98. The lowest BCUT2D eigenvalue weighted by Gasteiger charge is -2.24. The van der Waals surface area contributed by atoms with Crippen LogP contribution in [-0.2, 0) is 4.74 Å². The highest BCUT2D eigenvalue weighted by molar-refractivity contribution is 8.00.